The number of aliphatic imine (C=N–C) groups is 1. The Morgan fingerprint density at radius 2 is 1.84 bits per heavy atom. The summed E-state index contributed by atoms with van der Waals surface area (Å²) < 4.78 is 5.73. The standard InChI is InChI=1S/C14H27N3O.HI/c1-10-6-13(7-11(2)18-10)9-17-14(15)16-8-12-4-3-5-12;/h10-13H,3-9H2,1-2H3,(H3,15,16,17);1H. The number of rotatable bonds is 4. The third-order valence-electron chi connectivity index (χ3n) is 4.11. The summed E-state index contributed by atoms with van der Waals surface area (Å²) in [6.45, 7) is 6.12. The third-order valence-corrected chi connectivity index (χ3v) is 4.11. The van der Waals surface area contributed by atoms with Crippen LogP contribution in [0.5, 0.6) is 0 Å². The Hall–Kier alpha value is -0.0400. The quantitative estimate of drug-likeness (QED) is 0.447. The summed E-state index contributed by atoms with van der Waals surface area (Å²) in [5.74, 6) is 2.06. The summed E-state index contributed by atoms with van der Waals surface area (Å²) >= 11 is 0. The molecule has 2 unspecified atom stereocenters. The van der Waals surface area contributed by atoms with Gasteiger partial charge in [0.15, 0.2) is 5.96 Å². The lowest BCUT2D eigenvalue weighted by Gasteiger charge is -2.31. The second-order valence-corrected chi connectivity index (χ2v) is 6.00. The highest BCUT2D eigenvalue weighted by Crippen LogP contribution is 2.25. The highest BCUT2D eigenvalue weighted by Gasteiger charge is 2.24. The van der Waals surface area contributed by atoms with Crippen LogP contribution < -0.4 is 11.1 Å². The SMILES string of the molecule is CC1CC(CN=C(N)NCC2CCC2)CC(C)O1.I. The van der Waals surface area contributed by atoms with Crippen molar-refractivity contribution in [1.29, 1.82) is 0 Å². The molecule has 2 aliphatic rings. The van der Waals surface area contributed by atoms with Gasteiger partial charge in [-0.1, -0.05) is 6.42 Å². The fourth-order valence-electron chi connectivity index (χ4n) is 2.92. The Morgan fingerprint density at radius 1 is 1.21 bits per heavy atom. The highest BCUT2D eigenvalue weighted by atomic mass is 127. The minimum absolute atomic E-state index is 0. The van der Waals surface area contributed by atoms with Crippen LogP contribution in [0, 0.1) is 11.8 Å². The number of halogens is 1. The smallest absolute Gasteiger partial charge is 0.188 e. The molecule has 4 nitrogen and oxygen atoms in total. The average molecular weight is 381 g/mol. The van der Waals surface area contributed by atoms with Crippen LogP contribution in [0.1, 0.15) is 46.0 Å². The Labute approximate surface area is 134 Å². The van der Waals surface area contributed by atoms with Gasteiger partial charge in [0.05, 0.1) is 12.2 Å². The van der Waals surface area contributed by atoms with Gasteiger partial charge in [0, 0.05) is 13.1 Å². The largest absolute Gasteiger partial charge is 0.376 e. The molecular weight excluding hydrogens is 353 g/mol. The van der Waals surface area contributed by atoms with E-state index in [9.17, 15) is 0 Å². The molecule has 1 aliphatic carbocycles. The Morgan fingerprint density at radius 3 is 2.37 bits per heavy atom. The molecule has 1 heterocycles. The van der Waals surface area contributed by atoms with Crippen molar-refractivity contribution in [2.24, 2.45) is 22.6 Å². The van der Waals surface area contributed by atoms with E-state index in [1.807, 2.05) is 0 Å². The van der Waals surface area contributed by atoms with Gasteiger partial charge in [-0.05, 0) is 51.4 Å². The molecule has 0 aromatic heterocycles. The molecule has 3 N–H and O–H groups in total. The summed E-state index contributed by atoms with van der Waals surface area (Å²) in [6.07, 6.45) is 6.98. The second-order valence-electron chi connectivity index (χ2n) is 6.00. The van der Waals surface area contributed by atoms with Crippen LogP contribution in [0.25, 0.3) is 0 Å². The average Bonchev–Trinajstić information content (AvgIpc) is 2.23. The Balaban J connectivity index is 0.00000180. The van der Waals surface area contributed by atoms with E-state index < -0.39 is 0 Å². The minimum Gasteiger partial charge on any atom is -0.376 e. The third kappa shape index (κ3) is 5.85. The summed E-state index contributed by atoms with van der Waals surface area (Å²) in [4.78, 5) is 4.47. The molecule has 2 rings (SSSR count). The molecule has 0 spiro atoms. The number of ether oxygens (including phenoxy) is 1. The van der Waals surface area contributed by atoms with E-state index in [0.717, 1.165) is 31.8 Å². The predicted molar refractivity (Wildman–Crippen MR) is 90.0 cm³/mol. The van der Waals surface area contributed by atoms with Crippen molar-refractivity contribution in [2.45, 2.75) is 58.2 Å². The molecule has 2 atom stereocenters. The lowest BCUT2D eigenvalue weighted by molar-refractivity contribution is -0.0501. The van der Waals surface area contributed by atoms with Gasteiger partial charge in [0.2, 0.25) is 0 Å². The number of hydrogen-bond donors (Lipinski definition) is 2. The maximum Gasteiger partial charge on any atom is 0.188 e. The number of nitrogens with zero attached hydrogens (tertiary/aromatic N) is 1. The number of nitrogens with one attached hydrogen (secondary N) is 1. The topological polar surface area (TPSA) is 59.6 Å². The maximum absolute atomic E-state index is 5.89. The number of nitrogens with two attached hydrogens (primary N) is 1. The van der Waals surface area contributed by atoms with Crippen LogP contribution >= 0.6 is 24.0 Å². The van der Waals surface area contributed by atoms with Crippen molar-refractivity contribution in [2.75, 3.05) is 13.1 Å². The van der Waals surface area contributed by atoms with Crippen molar-refractivity contribution >= 4 is 29.9 Å². The zero-order valence-corrected chi connectivity index (χ0v) is 14.4. The summed E-state index contributed by atoms with van der Waals surface area (Å²) in [5.41, 5.74) is 5.89. The first-order valence-electron chi connectivity index (χ1n) is 7.32. The van der Waals surface area contributed by atoms with Crippen molar-refractivity contribution < 1.29 is 4.74 Å². The number of guanidine groups is 1. The zero-order valence-electron chi connectivity index (χ0n) is 12.1. The van der Waals surface area contributed by atoms with Gasteiger partial charge < -0.3 is 15.8 Å². The van der Waals surface area contributed by atoms with Crippen LogP contribution in [-0.2, 0) is 4.74 Å². The van der Waals surface area contributed by atoms with Crippen LogP contribution in [0.4, 0.5) is 0 Å². The van der Waals surface area contributed by atoms with Gasteiger partial charge in [-0.25, -0.2) is 0 Å². The monoisotopic (exact) mass is 381 g/mol. The van der Waals surface area contributed by atoms with Gasteiger partial charge in [-0.2, -0.15) is 0 Å². The van der Waals surface area contributed by atoms with Gasteiger partial charge in [-0.15, -0.1) is 24.0 Å². The van der Waals surface area contributed by atoms with Gasteiger partial charge >= 0.3 is 0 Å². The molecule has 5 heteroatoms. The van der Waals surface area contributed by atoms with Gasteiger partial charge in [0.1, 0.15) is 0 Å². The predicted octanol–water partition coefficient (Wildman–Crippen LogP) is 2.51. The maximum atomic E-state index is 5.89. The Kier molecular flexibility index (Phi) is 7.42. The van der Waals surface area contributed by atoms with E-state index in [0.29, 0.717) is 24.1 Å². The lowest BCUT2D eigenvalue weighted by Crippen LogP contribution is -2.38. The normalized spacial score (nSPS) is 32.3. The molecule has 0 bridgehead atoms. The van der Waals surface area contributed by atoms with Crippen LogP contribution in [0.3, 0.4) is 0 Å². The van der Waals surface area contributed by atoms with E-state index in [1.54, 1.807) is 0 Å². The molecule has 2 fully saturated rings. The van der Waals surface area contributed by atoms with Crippen LogP contribution in [-0.4, -0.2) is 31.3 Å². The molecule has 0 amide bonds. The minimum atomic E-state index is 0. The molecule has 1 aliphatic heterocycles. The summed E-state index contributed by atoms with van der Waals surface area (Å²) in [6, 6.07) is 0. The number of hydrogen-bond acceptors (Lipinski definition) is 2. The van der Waals surface area contributed by atoms with Crippen LogP contribution in [0.2, 0.25) is 0 Å². The molecule has 1 saturated heterocycles. The summed E-state index contributed by atoms with van der Waals surface area (Å²) in [5, 5.41) is 3.24. The van der Waals surface area contributed by atoms with Crippen molar-refractivity contribution in [3.63, 3.8) is 0 Å². The molecular formula is C14H28IN3O. The zero-order chi connectivity index (χ0) is 13.0. The Bertz CT molecular complexity index is 284. The molecule has 0 radical (unpaired) electrons. The van der Waals surface area contributed by atoms with Crippen LogP contribution in [0.15, 0.2) is 4.99 Å². The van der Waals surface area contributed by atoms with E-state index >= 15 is 0 Å². The van der Waals surface area contributed by atoms with E-state index in [-0.39, 0.29) is 24.0 Å². The fraction of sp³-hybridized carbons (Fsp3) is 0.929. The second kappa shape index (κ2) is 8.29. The molecule has 1 saturated carbocycles. The lowest BCUT2D eigenvalue weighted by atomic mass is 9.85. The van der Waals surface area contributed by atoms with Crippen molar-refractivity contribution in [3.8, 4) is 0 Å². The van der Waals surface area contributed by atoms with E-state index in [4.69, 9.17) is 10.5 Å². The van der Waals surface area contributed by atoms with Crippen molar-refractivity contribution in [3.05, 3.63) is 0 Å². The van der Waals surface area contributed by atoms with E-state index in [2.05, 4.69) is 24.2 Å². The summed E-state index contributed by atoms with van der Waals surface area (Å²) in [7, 11) is 0. The highest BCUT2D eigenvalue weighted by molar-refractivity contribution is 14.0. The van der Waals surface area contributed by atoms with E-state index in [1.165, 1.54) is 19.3 Å². The molecule has 0 aromatic rings. The fourth-order valence-corrected chi connectivity index (χ4v) is 2.92. The first-order chi connectivity index (χ1) is 8.63. The van der Waals surface area contributed by atoms with Gasteiger partial charge in [-0.3, -0.25) is 4.99 Å². The molecule has 19 heavy (non-hydrogen) atoms. The first-order valence-corrected chi connectivity index (χ1v) is 7.32. The van der Waals surface area contributed by atoms with Gasteiger partial charge in [0.25, 0.3) is 0 Å². The molecule has 0 aromatic carbocycles. The van der Waals surface area contributed by atoms with Crippen molar-refractivity contribution in [1.82, 2.24) is 5.32 Å². The molecule has 112 valence electrons. The first kappa shape index (κ1) is 17.0.